The summed E-state index contributed by atoms with van der Waals surface area (Å²) in [5.41, 5.74) is 2.31. The van der Waals surface area contributed by atoms with Gasteiger partial charge in [-0.25, -0.2) is 0 Å². The van der Waals surface area contributed by atoms with Crippen molar-refractivity contribution < 1.29 is 0 Å². The van der Waals surface area contributed by atoms with E-state index >= 15 is 0 Å². The van der Waals surface area contributed by atoms with Crippen molar-refractivity contribution in [3.05, 3.63) is 69.7 Å². The zero-order valence-electron chi connectivity index (χ0n) is 10.9. The van der Waals surface area contributed by atoms with Gasteiger partial charge in [-0.3, -0.25) is 0 Å². The largest absolute Gasteiger partial charge is 0.355 e. The van der Waals surface area contributed by atoms with E-state index in [9.17, 15) is 0 Å². The Hall–Kier alpha value is -2.02. The van der Waals surface area contributed by atoms with Crippen LogP contribution in [0.1, 0.15) is 5.56 Å². The number of halogens is 2. The normalized spacial score (nSPS) is 10.3. The van der Waals surface area contributed by atoms with Gasteiger partial charge in [0.15, 0.2) is 0 Å². The first-order valence-corrected chi connectivity index (χ1v) is 7.49. The quantitative estimate of drug-likeness (QED) is 0.622. The predicted molar refractivity (Wildman–Crippen MR) is 91.1 cm³/mol. The van der Waals surface area contributed by atoms with Crippen molar-refractivity contribution in [2.75, 3.05) is 5.32 Å². The van der Waals surface area contributed by atoms with E-state index in [-0.39, 0.29) is 0 Å². The zero-order valence-corrected chi connectivity index (χ0v) is 13.2. The monoisotopic (exact) mass is 356 g/mol. The van der Waals surface area contributed by atoms with Crippen LogP contribution in [-0.4, -0.2) is 0 Å². The molecule has 0 saturated heterocycles. The summed E-state index contributed by atoms with van der Waals surface area (Å²) in [4.78, 5) is 0. The molecule has 0 unspecified atom stereocenters. The molecule has 0 aromatic heterocycles. The van der Waals surface area contributed by atoms with Gasteiger partial charge in [0, 0.05) is 15.8 Å². The Bertz CT molecular complexity index is 868. The average molecular weight is 358 g/mol. The molecule has 0 fully saturated rings. The van der Waals surface area contributed by atoms with Gasteiger partial charge in [-0.15, -0.1) is 0 Å². The van der Waals surface area contributed by atoms with E-state index in [1.54, 1.807) is 12.1 Å². The fraction of sp³-hybridized carbons (Fsp3) is 0. The molecule has 102 valence electrons. The molecule has 0 aliphatic carbocycles. The predicted octanol–water partition coefficient (Wildman–Crippen LogP) is 5.87. The van der Waals surface area contributed by atoms with Gasteiger partial charge in [0.25, 0.3) is 0 Å². The molecule has 3 aromatic rings. The van der Waals surface area contributed by atoms with Crippen LogP contribution in [0.25, 0.3) is 10.8 Å². The molecule has 0 radical (unpaired) electrons. The smallest absolute Gasteiger partial charge is 0.101 e. The molecule has 0 atom stereocenters. The van der Waals surface area contributed by atoms with Crippen molar-refractivity contribution in [3.8, 4) is 6.07 Å². The van der Waals surface area contributed by atoms with Gasteiger partial charge < -0.3 is 5.32 Å². The summed E-state index contributed by atoms with van der Waals surface area (Å²) >= 11 is 9.51. The van der Waals surface area contributed by atoms with Gasteiger partial charge in [-0.1, -0.05) is 39.7 Å². The van der Waals surface area contributed by atoms with E-state index in [2.05, 4.69) is 51.6 Å². The summed E-state index contributed by atoms with van der Waals surface area (Å²) in [6.45, 7) is 0. The Labute approximate surface area is 136 Å². The highest BCUT2D eigenvalue weighted by atomic mass is 79.9. The second-order valence-corrected chi connectivity index (χ2v) is 5.96. The van der Waals surface area contributed by atoms with Gasteiger partial charge in [0.05, 0.1) is 10.6 Å². The van der Waals surface area contributed by atoms with Crippen LogP contribution in [0, 0.1) is 11.3 Å². The van der Waals surface area contributed by atoms with Crippen LogP contribution in [0.2, 0.25) is 5.02 Å². The second-order valence-electron chi connectivity index (χ2n) is 4.64. The maximum Gasteiger partial charge on any atom is 0.101 e. The molecule has 0 amide bonds. The average Bonchev–Trinajstić information content (AvgIpc) is 2.48. The molecule has 0 spiro atoms. The number of nitrogens with zero attached hydrogens (tertiary/aromatic N) is 1. The number of nitrogens with one attached hydrogen (secondary N) is 1. The highest BCUT2D eigenvalue weighted by Crippen LogP contribution is 2.27. The number of rotatable bonds is 2. The van der Waals surface area contributed by atoms with E-state index in [0.29, 0.717) is 10.6 Å². The minimum atomic E-state index is 0.451. The summed E-state index contributed by atoms with van der Waals surface area (Å²) in [5, 5.41) is 15.0. The Kier molecular flexibility index (Phi) is 3.83. The van der Waals surface area contributed by atoms with Gasteiger partial charge in [-0.05, 0) is 53.2 Å². The van der Waals surface area contributed by atoms with Gasteiger partial charge in [0.2, 0.25) is 0 Å². The Morgan fingerprint density at radius 3 is 2.33 bits per heavy atom. The highest BCUT2D eigenvalue weighted by Gasteiger charge is 2.02. The minimum Gasteiger partial charge on any atom is -0.355 e. The third-order valence-corrected chi connectivity index (χ3v) is 3.99. The maximum atomic E-state index is 8.88. The number of hydrogen-bond donors (Lipinski definition) is 1. The van der Waals surface area contributed by atoms with E-state index in [4.69, 9.17) is 16.9 Å². The number of nitriles is 1. The molecule has 0 saturated carbocycles. The molecule has 2 nitrogen and oxygen atoms in total. The molecule has 0 aliphatic heterocycles. The highest BCUT2D eigenvalue weighted by molar-refractivity contribution is 9.10. The van der Waals surface area contributed by atoms with Crippen molar-refractivity contribution in [2.45, 2.75) is 0 Å². The first-order chi connectivity index (χ1) is 10.2. The molecule has 1 N–H and O–H groups in total. The van der Waals surface area contributed by atoms with Crippen molar-refractivity contribution in [1.82, 2.24) is 0 Å². The van der Waals surface area contributed by atoms with Crippen molar-refractivity contribution in [1.29, 1.82) is 5.26 Å². The van der Waals surface area contributed by atoms with E-state index in [0.717, 1.165) is 21.2 Å². The maximum absolute atomic E-state index is 8.88. The van der Waals surface area contributed by atoms with Gasteiger partial charge >= 0.3 is 0 Å². The minimum absolute atomic E-state index is 0.451. The molecule has 4 heteroatoms. The number of benzene rings is 3. The van der Waals surface area contributed by atoms with Crippen LogP contribution in [0.3, 0.4) is 0 Å². The lowest BCUT2D eigenvalue weighted by atomic mass is 10.1. The van der Waals surface area contributed by atoms with Crippen LogP contribution in [0.4, 0.5) is 11.4 Å². The first kappa shape index (κ1) is 13.9. The summed E-state index contributed by atoms with van der Waals surface area (Å²) < 4.78 is 1.06. The molecule has 0 aliphatic rings. The summed E-state index contributed by atoms with van der Waals surface area (Å²) in [6, 6.07) is 19.7. The Morgan fingerprint density at radius 2 is 1.57 bits per heavy atom. The van der Waals surface area contributed by atoms with Crippen LogP contribution >= 0.6 is 27.5 Å². The molecule has 3 aromatic carbocycles. The third kappa shape index (κ3) is 3.02. The lowest BCUT2D eigenvalue weighted by Gasteiger charge is -2.09. The third-order valence-electron chi connectivity index (χ3n) is 3.18. The van der Waals surface area contributed by atoms with E-state index in [1.165, 1.54) is 5.39 Å². The van der Waals surface area contributed by atoms with Crippen LogP contribution in [0.5, 0.6) is 0 Å². The molecule has 0 heterocycles. The number of anilines is 2. The lowest BCUT2D eigenvalue weighted by Crippen LogP contribution is -1.91. The Balaban J connectivity index is 1.93. The summed E-state index contributed by atoms with van der Waals surface area (Å²) in [6.07, 6.45) is 0. The zero-order chi connectivity index (χ0) is 14.8. The van der Waals surface area contributed by atoms with Crippen LogP contribution in [0.15, 0.2) is 59.1 Å². The molecule has 0 bridgehead atoms. The first-order valence-electron chi connectivity index (χ1n) is 6.32. The van der Waals surface area contributed by atoms with E-state index in [1.807, 2.05) is 18.2 Å². The second kappa shape index (κ2) is 5.77. The molecular weight excluding hydrogens is 348 g/mol. The van der Waals surface area contributed by atoms with Gasteiger partial charge in [0.1, 0.15) is 6.07 Å². The van der Waals surface area contributed by atoms with Crippen molar-refractivity contribution in [3.63, 3.8) is 0 Å². The lowest BCUT2D eigenvalue weighted by molar-refractivity contribution is 1.47. The molecule has 21 heavy (non-hydrogen) atoms. The number of fused-ring (bicyclic) bond motifs is 1. The van der Waals surface area contributed by atoms with Crippen molar-refractivity contribution in [2.24, 2.45) is 0 Å². The number of hydrogen-bond acceptors (Lipinski definition) is 2. The Morgan fingerprint density at radius 1 is 0.905 bits per heavy atom. The van der Waals surface area contributed by atoms with E-state index < -0.39 is 0 Å². The summed E-state index contributed by atoms with van der Waals surface area (Å²) in [5.74, 6) is 0. The van der Waals surface area contributed by atoms with Crippen LogP contribution in [-0.2, 0) is 0 Å². The van der Waals surface area contributed by atoms with Gasteiger partial charge in [-0.2, -0.15) is 5.26 Å². The standard InChI is InChI=1S/C17H10BrClN2/c18-14-4-1-12-8-15(5-2-11(12)7-14)21-16-6-3-13(10-20)17(19)9-16/h1-9,21H. The van der Waals surface area contributed by atoms with Crippen molar-refractivity contribution >= 4 is 49.7 Å². The topological polar surface area (TPSA) is 35.8 Å². The SMILES string of the molecule is N#Cc1ccc(Nc2ccc3cc(Br)ccc3c2)cc1Cl. The fourth-order valence-corrected chi connectivity index (χ4v) is 2.75. The fourth-order valence-electron chi connectivity index (χ4n) is 2.14. The molecule has 3 rings (SSSR count). The summed E-state index contributed by atoms with van der Waals surface area (Å²) in [7, 11) is 0. The van der Waals surface area contributed by atoms with Crippen LogP contribution < -0.4 is 5.32 Å². The molecular formula is C17H10BrClN2.